The second-order valence-electron chi connectivity index (χ2n) is 6.73. The van der Waals surface area contributed by atoms with Crippen molar-refractivity contribution in [3.63, 3.8) is 0 Å². The van der Waals surface area contributed by atoms with Gasteiger partial charge in [0.2, 0.25) is 0 Å². The third-order valence-corrected chi connectivity index (χ3v) is 4.83. The molecule has 4 aromatic rings. The Balaban J connectivity index is 1.69. The topological polar surface area (TPSA) is 71.6 Å². The molecule has 0 bridgehead atoms. The van der Waals surface area contributed by atoms with Crippen molar-refractivity contribution in [3.8, 4) is 22.8 Å². The van der Waals surface area contributed by atoms with Crippen LogP contribution in [-0.4, -0.2) is 23.2 Å². The van der Waals surface area contributed by atoms with Gasteiger partial charge in [0.1, 0.15) is 6.61 Å². The second kappa shape index (κ2) is 8.10. The van der Waals surface area contributed by atoms with Crippen molar-refractivity contribution in [2.45, 2.75) is 13.0 Å². The Hall–Kier alpha value is -3.73. The highest BCUT2D eigenvalue weighted by molar-refractivity contribution is 5.94. The van der Waals surface area contributed by atoms with Gasteiger partial charge in [0, 0.05) is 16.5 Å². The molecule has 4 rings (SSSR count). The molecule has 0 amide bonds. The Kier molecular flexibility index (Phi) is 5.20. The van der Waals surface area contributed by atoms with Gasteiger partial charge < -0.3 is 19.6 Å². The highest BCUT2D eigenvalue weighted by Crippen LogP contribution is 2.36. The molecule has 5 nitrogen and oxygen atoms in total. The number of carboxylic acid groups (broad SMARTS) is 1. The molecule has 0 atom stereocenters. The van der Waals surface area contributed by atoms with Gasteiger partial charge in [-0.1, -0.05) is 48.5 Å². The lowest BCUT2D eigenvalue weighted by molar-refractivity contribution is -0.136. The lowest BCUT2D eigenvalue weighted by Crippen LogP contribution is -2.01. The largest absolute Gasteiger partial charge is 0.493 e. The molecule has 0 aliphatic rings. The van der Waals surface area contributed by atoms with Gasteiger partial charge >= 0.3 is 5.97 Å². The number of para-hydroxylation sites is 1. The van der Waals surface area contributed by atoms with Crippen molar-refractivity contribution in [3.05, 3.63) is 83.9 Å². The fourth-order valence-corrected chi connectivity index (χ4v) is 3.46. The summed E-state index contributed by atoms with van der Waals surface area (Å²) in [5, 5.41) is 10.3. The number of methoxy groups -OCH3 is 1. The Morgan fingerprint density at radius 3 is 2.48 bits per heavy atom. The maximum absolute atomic E-state index is 11.4. The monoisotopic (exact) mass is 387 g/mol. The summed E-state index contributed by atoms with van der Waals surface area (Å²) in [6, 6.07) is 23.3. The summed E-state index contributed by atoms with van der Waals surface area (Å²) in [5.41, 5.74) is 4.36. The zero-order chi connectivity index (χ0) is 20.2. The van der Waals surface area contributed by atoms with E-state index in [2.05, 4.69) is 4.98 Å². The summed E-state index contributed by atoms with van der Waals surface area (Å²) in [6.07, 6.45) is -0.0616. The van der Waals surface area contributed by atoms with Crippen LogP contribution in [0.1, 0.15) is 11.1 Å². The van der Waals surface area contributed by atoms with Crippen LogP contribution in [-0.2, 0) is 17.8 Å². The van der Waals surface area contributed by atoms with E-state index in [1.807, 2.05) is 72.8 Å². The van der Waals surface area contributed by atoms with Gasteiger partial charge in [-0.3, -0.25) is 4.79 Å². The number of fused-ring (bicyclic) bond motifs is 1. The lowest BCUT2D eigenvalue weighted by atomic mass is 10.0. The molecule has 1 aromatic heterocycles. The van der Waals surface area contributed by atoms with Gasteiger partial charge in [0.15, 0.2) is 11.5 Å². The second-order valence-corrected chi connectivity index (χ2v) is 6.73. The molecule has 29 heavy (non-hydrogen) atoms. The molecule has 5 heteroatoms. The minimum absolute atomic E-state index is 0.0616. The van der Waals surface area contributed by atoms with Gasteiger partial charge in [-0.25, -0.2) is 0 Å². The highest BCUT2D eigenvalue weighted by atomic mass is 16.5. The molecule has 0 radical (unpaired) electrons. The zero-order valence-electron chi connectivity index (χ0n) is 16.0. The Morgan fingerprint density at radius 1 is 0.966 bits per heavy atom. The number of ether oxygens (including phenoxy) is 2. The number of benzene rings is 3. The van der Waals surface area contributed by atoms with Crippen molar-refractivity contribution in [1.82, 2.24) is 4.98 Å². The normalized spacial score (nSPS) is 10.8. The Labute approximate surface area is 168 Å². The third-order valence-electron chi connectivity index (χ3n) is 4.83. The first kappa shape index (κ1) is 18.6. The van der Waals surface area contributed by atoms with E-state index in [1.54, 1.807) is 7.11 Å². The average Bonchev–Trinajstić information content (AvgIpc) is 3.11. The van der Waals surface area contributed by atoms with Crippen molar-refractivity contribution < 1.29 is 19.4 Å². The van der Waals surface area contributed by atoms with E-state index in [1.165, 1.54) is 0 Å². The van der Waals surface area contributed by atoms with Crippen LogP contribution in [0.4, 0.5) is 0 Å². The number of rotatable bonds is 7. The van der Waals surface area contributed by atoms with Crippen molar-refractivity contribution in [2.24, 2.45) is 0 Å². The van der Waals surface area contributed by atoms with Gasteiger partial charge in [0.25, 0.3) is 0 Å². The predicted molar refractivity (Wildman–Crippen MR) is 112 cm³/mol. The first-order valence-electron chi connectivity index (χ1n) is 9.32. The number of H-pyrrole nitrogens is 1. The summed E-state index contributed by atoms with van der Waals surface area (Å²) in [5.74, 6) is 0.361. The minimum atomic E-state index is -0.870. The van der Waals surface area contributed by atoms with Crippen LogP contribution >= 0.6 is 0 Å². The van der Waals surface area contributed by atoms with E-state index < -0.39 is 5.97 Å². The van der Waals surface area contributed by atoms with Crippen molar-refractivity contribution in [2.75, 3.05) is 7.11 Å². The molecule has 146 valence electrons. The van der Waals surface area contributed by atoms with E-state index in [9.17, 15) is 9.90 Å². The van der Waals surface area contributed by atoms with Crippen molar-refractivity contribution in [1.29, 1.82) is 0 Å². The number of nitrogens with one attached hydrogen (secondary N) is 1. The number of aromatic nitrogens is 1. The summed E-state index contributed by atoms with van der Waals surface area (Å²) in [6.45, 7) is 0.438. The van der Waals surface area contributed by atoms with Crippen LogP contribution < -0.4 is 9.47 Å². The van der Waals surface area contributed by atoms with Crippen LogP contribution in [0.25, 0.3) is 22.2 Å². The van der Waals surface area contributed by atoms with Gasteiger partial charge in [-0.05, 0) is 35.4 Å². The van der Waals surface area contributed by atoms with Gasteiger partial charge in [-0.15, -0.1) is 0 Å². The number of hydrogen-bond donors (Lipinski definition) is 2. The van der Waals surface area contributed by atoms with Crippen LogP contribution in [0.3, 0.4) is 0 Å². The molecule has 3 aromatic carbocycles. The van der Waals surface area contributed by atoms with E-state index in [-0.39, 0.29) is 6.42 Å². The molecule has 1 heterocycles. The van der Waals surface area contributed by atoms with E-state index >= 15 is 0 Å². The van der Waals surface area contributed by atoms with Gasteiger partial charge in [-0.2, -0.15) is 0 Å². The van der Waals surface area contributed by atoms with Crippen LogP contribution in [0, 0.1) is 0 Å². The molecule has 0 unspecified atom stereocenters. The number of carbonyl (C=O) groups is 1. The minimum Gasteiger partial charge on any atom is -0.493 e. The van der Waals surface area contributed by atoms with Crippen molar-refractivity contribution >= 4 is 16.9 Å². The molecule has 0 aliphatic heterocycles. The first-order valence-corrected chi connectivity index (χ1v) is 9.32. The summed E-state index contributed by atoms with van der Waals surface area (Å²) in [4.78, 5) is 14.8. The number of hydrogen-bond acceptors (Lipinski definition) is 3. The zero-order valence-corrected chi connectivity index (χ0v) is 16.0. The lowest BCUT2D eigenvalue weighted by Gasteiger charge is -2.13. The Bertz CT molecular complexity index is 1150. The molecule has 0 saturated carbocycles. The molecular formula is C24H21NO4. The smallest absolute Gasteiger partial charge is 0.307 e. The fourth-order valence-electron chi connectivity index (χ4n) is 3.46. The first-order chi connectivity index (χ1) is 14.2. The maximum atomic E-state index is 11.4. The van der Waals surface area contributed by atoms with Crippen LogP contribution in [0.15, 0.2) is 72.8 Å². The summed E-state index contributed by atoms with van der Waals surface area (Å²) < 4.78 is 11.5. The fraction of sp³-hybridized carbons (Fsp3) is 0.125. The SMILES string of the molecule is COc1cc(-c2[nH]c3ccccc3c2CC(=O)O)ccc1OCc1ccccc1. The van der Waals surface area contributed by atoms with E-state index in [0.717, 1.165) is 33.3 Å². The van der Waals surface area contributed by atoms with Crippen LogP contribution in [0.2, 0.25) is 0 Å². The predicted octanol–water partition coefficient (Wildman–Crippen LogP) is 5.05. The molecular weight excluding hydrogens is 366 g/mol. The quantitative estimate of drug-likeness (QED) is 0.465. The van der Waals surface area contributed by atoms with Gasteiger partial charge in [0.05, 0.1) is 19.2 Å². The number of aromatic amines is 1. The van der Waals surface area contributed by atoms with E-state index in [0.29, 0.717) is 18.1 Å². The molecule has 2 N–H and O–H groups in total. The molecule has 0 aliphatic carbocycles. The standard InChI is InChI=1S/C24H21NO4/c1-28-22-13-17(11-12-21(22)29-15-16-7-3-2-4-8-16)24-19(14-23(26)27)18-9-5-6-10-20(18)25-24/h2-13,25H,14-15H2,1H3,(H,26,27). The highest BCUT2D eigenvalue weighted by Gasteiger charge is 2.17. The third kappa shape index (κ3) is 3.94. The average molecular weight is 387 g/mol. The number of carboxylic acids is 1. The molecule has 0 saturated heterocycles. The Morgan fingerprint density at radius 2 is 1.72 bits per heavy atom. The summed E-state index contributed by atoms with van der Waals surface area (Å²) >= 11 is 0. The van der Waals surface area contributed by atoms with E-state index in [4.69, 9.17) is 9.47 Å². The number of aliphatic carboxylic acids is 1. The summed E-state index contributed by atoms with van der Waals surface area (Å²) in [7, 11) is 1.60. The molecule has 0 fully saturated rings. The van der Waals surface area contributed by atoms with Crippen LogP contribution in [0.5, 0.6) is 11.5 Å². The molecule has 0 spiro atoms. The maximum Gasteiger partial charge on any atom is 0.307 e.